The molecular weight excluding hydrogens is 381 g/mol. The van der Waals surface area contributed by atoms with Crippen molar-refractivity contribution in [3.63, 3.8) is 0 Å². The number of carbonyl (C=O) groups is 1. The Balaban J connectivity index is 0.00000156. The zero-order chi connectivity index (χ0) is 16.2. The van der Waals surface area contributed by atoms with Crippen LogP contribution in [0, 0.1) is 5.92 Å². The van der Waals surface area contributed by atoms with Crippen LogP contribution in [0.2, 0.25) is 0 Å². The van der Waals surface area contributed by atoms with Crippen LogP contribution in [0.25, 0.3) is 0 Å². The molecule has 0 radical (unpaired) electrons. The number of aryl methyl sites for hydroxylation is 1. The molecule has 1 aromatic rings. The van der Waals surface area contributed by atoms with Crippen LogP contribution in [0.5, 0.6) is 0 Å². The molecule has 2 aliphatic rings. The number of ether oxygens (including phenoxy) is 1. The molecule has 1 amide bonds. The predicted molar refractivity (Wildman–Crippen MR) is 106 cm³/mol. The van der Waals surface area contributed by atoms with E-state index < -0.39 is 0 Å². The highest BCUT2D eigenvalue weighted by molar-refractivity contribution is 7.09. The van der Waals surface area contributed by atoms with Crippen molar-refractivity contribution >= 4 is 42.1 Å². The van der Waals surface area contributed by atoms with Crippen molar-refractivity contribution in [3.8, 4) is 0 Å². The van der Waals surface area contributed by atoms with Crippen molar-refractivity contribution in [2.45, 2.75) is 51.0 Å². The van der Waals surface area contributed by atoms with Crippen LogP contribution in [0.15, 0.2) is 5.38 Å². The van der Waals surface area contributed by atoms with E-state index in [0.29, 0.717) is 5.92 Å². The van der Waals surface area contributed by atoms with Gasteiger partial charge in [0.2, 0.25) is 5.91 Å². The molecule has 2 saturated heterocycles. The molecule has 0 aliphatic carbocycles. The van der Waals surface area contributed by atoms with Crippen molar-refractivity contribution < 1.29 is 9.53 Å². The van der Waals surface area contributed by atoms with E-state index in [1.807, 2.05) is 4.90 Å². The Hall–Kier alpha value is -0.400. The SMILES string of the molecule is CCc1csc(C2CCCN(C(=O)C(N)C3CCOCC3)C2)n1.Cl.Cl. The Bertz CT molecular complexity index is 538. The van der Waals surface area contributed by atoms with Crippen LogP contribution in [-0.2, 0) is 16.0 Å². The predicted octanol–water partition coefficient (Wildman–Crippen LogP) is 3.01. The Morgan fingerprint density at radius 1 is 1.40 bits per heavy atom. The number of likely N-dealkylation sites (tertiary alicyclic amines) is 1. The number of piperidine rings is 1. The van der Waals surface area contributed by atoms with Gasteiger partial charge in [-0.15, -0.1) is 36.2 Å². The van der Waals surface area contributed by atoms with Gasteiger partial charge < -0.3 is 15.4 Å². The maximum atomic E-state index is 12.8. The maximum absolute atomic E-state index is 12.8. The van der Waals surface area contributed by atoms with Crippen LogP contribution in [0.3, 0.4) is 0 Å². The van der Waals surface area contributed by atoms with Gasteiger partial charge in [-0.05, 0) is 38.0 Å². The van der Waals surface area contributed by atoms with Gasteiger partial charge in [-0.25, -0.2) is 4.98 Å². The number of thiazole rings is 1. The first-order valence-corrected chi connectivity index (χ1v) is 9.63. The van der Waals surface area contributed by atoms with E-state index >= 15 is 0 Å². The molecule has 0 saturated carbocycles. The number of aromatic nitrogens is 1. The molecule has 3 rings (SSSR count). The summed E-state index contributed by atoms with van der Waals surface area (Å²) in [5, 5.41) is 3.32. The fraction of sp³-hybridized carbons (Fsp3) is 0.765. The number of halogens is 2. The highest BCUT2D eigenvalue weighted by atomic mass is 35.5. The molecule has 2 fully saturated rings. The Kier molecular flexibility index (Phi) is 9.67. The average Bonchev–Trinajstić information content (AvgIpc) is 3.10. The second kappa shape index (κ2) is 10.7. The lowest BCUT2D eigenvalue weighted by atomic mass is 9.90. The molecule has 8 heteroatoms. The molecule has 2 aliphatic heterocycles. The number of hydrogen-bond donors (Lipinski definition) is 1. The van der Waals surface area contributed by atoms with E-state index in [-0.39, 0.29) is 42.7 Å². The molecule has 5 nitrogen and oxygen atoms in total. The van der Waals surface area contributed by atoms with Gasteiger partial charge in [0.05, 0.1) is 16.7 Å². The van der Waals surface area contributed by atoms with E-state index in [1.54, 1.807) is 11.3 Å². The van der Waals surface area contributed by atoms with Gasteiger partial charge in [0.1, 0.15) is 0 Å². The summed E-state index contributed by atoms with van der Waals surface area (Å²) >= 11 is 1.73. The molecule has 144 valence electrons. The van der Waals surface area contributed by atoms with E-state index in [0.717, 1.165) is 64.1 Å². The topological polar surface area (TPSA) is 68.5 Å². The van der Waals surface area contributed by atoms with E-state index in [4.69, 9.17) is 15.5 Å². The quantitative estimate of drug-likeness (QED) is 0.829. The van der Waals surface area contributed by atoms with Gasteiger partial charge in [-0.3, -0.25) is 4.79 Å². The first-order chi connectivity index (χ1) is 11.2. The first-order valence-electron chi connectivity index (χ1n) is 8.75. The van der Waals surface area contributed by atoms with Crippen LogP contribution in [0.1, 0.15) is 49.2 Å². The molecule has 1 aromatic heterocycles. The van der Waals surface area contributed by atoms with Gasteiger partial charge in [0.25, 0.3) is 0 Å². The van der Waals surface area contributed by atoms with Crippen LogP contribution in [0.4, 0.5) is 0 Å². The maximum Gasteiger partial charge on any atom is 0.239 e. The Morgan fingerprint density at radius 2 is 2.12 bits per heavy atom. The smallest absolute Gasteiger partial charge is 0.239 e. The third-order valence-corrected chi connectivity index (χ3v) is 6.13. The molecule has 0 bridgehead atoms. The molecule has 25 heavy (non-hydrogen) atoms. The highest BCUT2D eigenvalue weighted by Crippen LogP contribution is 2.30. The summed E-state index contributed by atoms with van der Waals surface area (Å²) in [6, 6.07) is -0.375. The minimum Gasteiger partial charge on any atom is -0.381 e. The second-order valence-corrected chi connectivity index (χ2v) is 7.52. The molecular formula is C17H29Cl2N3O2S. The number of nitrogens with zero attached hydrogens (tertiary/aromatic N) is 2. The summed E-state index contributed by atoms with van der Waals surface area (Å²) in [5.74, 6) is 0.761. The van der Waals surface area contributed by atoms with Crippen molar-refractivity contribution in [3.05, 3.63) is 16.1 Å². The molecule has 0 spiro atoms. The van der Waals surface area contributed by atoms with Gasteiger partial charge in [-0.1, -0.05) is 6.92 Å². The standard InChI is InChI=1S/C17H27N3O2S.2ClH/c1-2-14-11-23-16(19-14)13-4-3-7-20(10-13)17(21)15(18)12-5-8-22-9-6-12;;/h11-13,15H,2-10,18H2,1H3;2*1H. The van der Waals surface area contributed by atoms with Gasteiger partial charge in [0.15, 0.2) is 0 Å². The molecule has 2 unspecified atom stereocenters. The monoisotopic (exact) mass is 409 g/mol. The van der Waals surface area contributed by atoms with Crippen molar-refractivity contribution in [1.82, 2.24) is 9.88 Å². The van der Waals surface area contributed by atoms with E-state index in [2.05, 4.69) is 12.3 Å². The van der Waals surface area contributed by atoms with Crippen molar-refractivity contribution in [2.24, 2.45) is 11.7 Å². The normalized spacial score (nSPS) is 22.6. The number of carbonyl (C=O) groups excluding carboxylic acids is 1. The number of hydrogen-bond acceptors (Lipinski definition) is 5. The highest BCUT2D eigenvalue weighted by Gasteiger charge is 2.33. The molecule has 3 heterocycles. The third-order valence-electron chi connectivity index (χ3n) is 5.07. The van der Waals surface area contributed by atoms with E-state index in [1.165, 1.54) is 5.01 Å². The Morgan fingerprint density at radius 3 is 2.76 bits per heavy atom. The summed E-state index contributed by atoms with van der Waals surface area (Å²) in [7, 11) is 0. The minimum absolute atomic E-state index is 0. The zero-order valence-corrected chi connectivity index (χ0v) is 17.1. The van der Waals surface area contributed by atoms with Crippen molar-refractivity contribution in [1.29, 1.82) is 0 Å². The summed E-state index contributed by atoms with van der Waals surface area (Å²) in [6.07, 6.45) is 4.93. The molecule has 2 atom stereocenters. The Labute approximate surface area is 166 Å². The lowest BCUT2D eigenvalue weighted by molar-refractivity contribution is -0.136. The fourth-order valence-corrected chi connectivity index (χ4v) is 4.57. The average molecular weight is 410 g/mol. The summed E-state index contributed by atoms with van der Waals surface area (Å²) in [4.78, 5) is 19.5. The minimum atomic E-state index is -0.375. The van der Waals surface area contributed by atoms with Crippen LogP contribution < -0.4 is 5.73 Å². The third kappa shape index (κ3) is 5.54. The van der Waals surface area contributed by atoms with Crippen molar-refractivity contribution in [2.75, 3.05) is 26.3 Å². The van der Waals surface area contributed by atoms with Crippen LogP contribution in [-0.4, -0.2) is 48.1 Å². The zero-order valence-electron chi connectivity index (χ0n) is 14.7. The molecule has 2 N–H and O–H groups in total. The number of amides is 1. The van der Waals surface area contributed by atoms with E-state index in [9.17, 15) is 4.79 Å². The van der Waals surface area contributed by atoms with Crippen LogP contribution >= 0.6 is 36.2 Å². The number of rotatable bonds is 4. The molecule has 0 aromatic carbocycles. The lowest BCUT2D eigenvalue weighted by Gasteiger charge is -2.36. The van der Waals surface area contributed by atoms with Gasteiger partial charge in [0, 0.05) is 37.6 Å². The summed E-state index contributed by atoms with van der Waals surface area (Å²) in [6.45, 7) is 5.19. The van der Waals surface area contributed by atoms with Gasteiger partial charge in [-0.2, -0.15) is 0 Å². The number of nitrogens with two attached hydrogens (primary N) is 1. The second-order valence-electron chi connectivity index (χ2n) is 6.63. The lowest BCUT2D eigenvalue weighted by Crippen LogP contribution is -2.51. The largest absolute Gasteiger partial charge is 0.381 e. The first kappa shape index (κ1) is 22.6. The van der Waals surface area contributed by atoms with Gasteiger partial charge >= 0.3 is 0 Å². The summed E-state index contributed by atoms with van der Waals surface area (Å²) < 4.78 is 5.38. The summed E-state index contributed by atoms with van der Waals surface area (Å²) in [5.41, 5.74) is 7.43. The fourth-order valence-electron chi connectivity index (χ4n) is 3.54.